The highest BCUT2D eigenvalue weighted by atomic mass is 19.1. The molecule has 170 valence electrons. The fourth-order valence-electron chi connectivity index (χ4n) is 4.26. The molecule has 0 radical (unpaired) electrons. The molecule has 6 nitrogen and oxygen atoms in total. The Morgan fingerprint density at radius 2 is 1.85 bits per heavy atom. The summed E-state index contributed by atoms with van der Waals surface area (Å²) in [6.07, 6.45) is 3.48. The summed E-state index contributed by atoms with van der Waals surface area (Å²) in [5.41, 5.74) is 2.25. The maximum atomic E-state index is 13.9. The van der Waals surface area contributed by atoms with Gasteiger partial charge >= 0.3 is 0 Å². The molecule has 0 spiro atoms. The van der Waals surface area contributed by atoms with Crippen LogP contribution in [0.15, 0.2) is 79.1 Å². The number of hydrogen-bond acceptors (Lipinski definition) is 4. The number of aromatic nitrogens is 1. The minimum absolute atomic E-state index is 0.0130. The SMILES string of the molecule is CN1C[C@@H](CNC(=O)Cc2ccccc2F)N(Cc2cccnc2)[C@@H](c2ccccc2)C1=O. The van der Waals surface area contributed by atoms with Crippen molar-refractivity contribution >= 4 is 11.8 Å². The molecule has 2 heterocycles. The number of pyridine rings is 1. The molecular formula is C26H27FN4O2. The fourth-order valence-corrected chi connectivity index (χ4v) is 4.26. The van der Waals surface area contributed by atoms with E-state index in [0.717, 1.165) is 11.1 Å². The molecular weight excluding hydrogens is 419 g/mol. The van der Waals surface area contributed by atoms with Crippen molar-refractivity contribution in [2.24, 2.45) is 0 Å². The zero-order valence-corrected chi connectivity index (χ0v) is 18.5. The first-order valence-corrected chi connectivity index (χ1v) is 11.0. The Morgan fingerprint density at radius 1 is 1.09 bits per heavy atom. The van der Waals surface area contributed by atoms with Crippen molar-refractivity contribution in [3.8, 4) is 0 Å². The van der Waals surface area contributed by atoms with Crippen LogP contribution in [0.5, 0.6) is 0 Å². The molecule has 33 heavy (non-hydrogen) atoms. The van der Waals surface area contributed by atoms with Crippen LogP contribution >= 0.6 is 0 Å². The summed E-state index contributed by atoms with van der Waals surface area (Å²) in [5.74, 6) is -0.630. The number of carbonyl (C=O) groups excluding carboxylic acids is 2. The van der Waals surface area contributed by atoms with Gasteiger partial charge in [0.2, 0.25) is 11.8 Å². The van der Waals surface area contributed by atoms with E-state index in [1.807, 2.05) is 42.5 Å². The van der Waals surface area contributed by atoms with Gasteiger partial charge in [0.25, 0.3) is 0 Å². The Kier molecular flexibility index (Phi) is 7.10. The molecule has 1 aliphatic rings. The van der Waals surface area contributed by atoms with Crippen molar-refractivity contribution < 1.29 is 14.0 Å². The van der Waals surface area contributed by atoms with Gasteiger partial charge in [-0.2, -0.15) is 0 Å². The third-order valence-electron chi connectivity index (χ3n) is 5.94. The normalized spacial score (nSPS) is 18.8. The van der Waals surface area contributed by atoms with Crippen LogP contribution in [-0.4, -0.2) is 52.8 Å². The number of benzene rings is 2. The molecule has 0 bridgehead atoms. The van der Waals surface area contributed by atoms with Crippen molar-refractivity contribution in [2.45, 2.75) is 25.0 Å². The van der Waals surface area contributed by atoms with Crippen LogP contribution in [0.3, 0.4) is 0 Å². The first-order valence-electron chi connectivity index (χ1n) is 11.0. The Morgan fingerprint density at radius 3 is 2.58 bits per heavy atom. The van der Waals surface area contributed by atoms with E-state index in [1.54, 1.807) is 42.5 Å². The number of nitrogens with zero attached hydrogens (tertiary/aromatic N) is 3. The van der Waals surface area contributed by atoms with Crippen molar-refractivity contribution in [3.05, 3.63) is 102 Å². The number of hydrogen-bond donors (Lipinski definition) is 1. The highest BCUT2D eigenvalue weighted by Gasteiger charge is 2.40. The molecule has 1 N–H and O–H groups in total. The highest BCUT2D eigenvalue weighted by Crippen LogP contribution is 2.31. The lowest BCUT2D eigenvalue weighted by Crippen LogP contribution is -2.59. The number of halogens is 1. The van der Waals surface area contributed by atoms with Gasteiger partial charge in [-0.05, 0) is 28.8 Å². The van der Waals surface area contributed by atoms with E-state index >= 15 is 0 Å². The maximum absolute atomic E-state index is 13.9. The quantitative estimate of drug-likeness (QED) is 0.606. The second kappa shape index (κ2) is 10.4. The van der Waals surface area contributed by atoms with E-state index in [4.69, 9.17) is 0 Å². The first kappa shape index (κ1) is 22.6. The monoisotopic (exact) mass is 446 g/mol. The number of rotatable bonds is 7. The van der Waals surface area contributed by atoms with Gasteiger partial charge in [-0.3, -0.25) is 19.5 Å². The summed E-state index contributed by atoms with van der Waals surface area (Å²) >= 11 is 0. The predicted octanol–water partition coefficient (Wildman–Crippen LogP) is 2.96. The van der Waals surface area contributed by atoms with Crippen molar-refractivity contribution in [3.63, 3.8) is 0 Å². The van der Waals surface area contributed by atoms with E-state index in [1.165, 1.54) is 6.07 Å². The van der Waals surface area contributed by atoms with Crippen LogP contribution < -0.4 is 5.32 Å². The first-order chi connectivity index (χ1) is 16.0. The number of nitrogens with one attached hydrogen (secondary N) is 1. The van der Waals surface area contributed by atoms with E-state index in [0.29, 0.717) is 25.2 Å². The van der Waals surface area contributed by atoms with E-state index in [9.17, 15) is 14.0 Å². The molecule has 2 aromatic carbocycles. The smallest absolute Gasteiger partial charge is 0.244 e. The Balaban J connectivity index is 1.55. The summed E-state index contributed by atoms with van der Waals surface area (Å²) in [4.78, 5) is 33.9. The number of piperazine rings is 1. The average Bonchev–Trinajstić information content (AvgIpc) is 2.83. The van der Waals surface area contributed by atoms with Crippen molar-refractivity contribution in [1.82, 2.24) is 20.1 Å². The lowest BCUT2D eigenvalue weighted by Gasteiger charge is -2.45. The molecule has 1 saturated heterocycles. The van der Waals surface area contributed by atoms with Crippen molar-refractivity contribution in [2.75, 3.05) is 20.1 Å². The minimum atomic E-state index is -0.473. The van der Waals surface area contributed by atoms with Gasteiger partial charge < -0.3 is 10.2 Å². The molecule has 2 atom stereocenters. The molecule has 7 heteroatoms. The summed E-state index contributed by atoms with van der Waals surface area (Å²) in [7, 11) is 1.79. The third kappa shape index (κ3) is 5.43. The number of likely N-dealkylation sites (N-methyl/N-ethyl adjacent to an activating group) is 1. The molecule has 1 aliphatic heterocycles. The van der Waals surface area contributed by atoms with E-state index in [-0.39, 0.29) is 24.3 Å². The van der Waals surface area contributed by atoms with Crippen LogP contribution in [-0.2, 0) is 22.6 Å². The average molecular weight is 447 g/mol. The second-order valence-corrected chi connectivity index (χ2v) is 8.29. The molecule has 0 unspecified atom stereocenters. The topological polar surface area (TPSA) is 65.5 Å². The molecule has 1 fully saturated rings. The minimum Gasteiger partial charge on any atom is -0.354 e. The molecule has 2 amide bonds. The second-order valence-electron chi connectivity index (χ2n) is 8.29. The van der Waals surface area contributed by atoms with Crippen molar-refractivity contribution in [1.29, 1.82) is 0 Å². The number of amides is 2. The van der Waals surface area contributed by atoms with Gasteiger partial charge in [-0.15, -0.1) is 0 Å². The predicted molar refractivity (Wildman–Crippen MR) is 124 cm³/mol. The summed E-state index contributed by atoms with van der Waals surface area (Å²) in [6.45, 7) is 1.33. The van der Waals surface area contributed by atoms with Gasteiger partial charge in [0.05, 0.1) is 6.42 Å². The third-order valence-corrected chi connectivity index (χ3v) is 5.94. The molecule has 0 aliphatic carbocycles. The number of carbonyl (C=O) groups is 2. The maximum Gasteiger partial charge on any atom is 0.244 e. The van der Waals surface area contributed by atoms with Gasteiger partial charge in [0, 0.05) is 45.1 Å². The van der Waals surface area contributed by atoms with Gasteiger partial charge in [0.1, 0.15) is 11.9 Å². The standard InChI is InChI=1S/C26H27FN4O2/c1-30-18-22(16-29-24(32)14-21-11-5-6-12-23(21)27)31(17-19-8-7-13-28-15-19)25(26(30)33)20-9-3-2-4-10-20/h2-13,15,22,25H,14,16-18H2,1H3,(H,29,32)/t22-,25+/m1/s1. The Hall–Kier alpha value is -3.58. The summed E-state index contributed by atoms with van der Waals surface area (Å²) < 4.78 is 13.9. The van der Waals surface area contributed by atoms with E-state index in [2.05, 4.69) is 15.2 Å². The van der Waals surface area contributed by atoms with Crippen LogP contribution in [0.1, 0.15) is 22.7 Å². The van der Waals surface area contributed by atoms with Crippen LogP contribution in [0.25, 0.3) is 0 Å². The fraction of sp³-hybridized carbons (Fsp3) is 0.269. The van der Waals surface area contributed by atoms with Gasteiger partial charge in [0.15, 0.2) is 0 Å². The zero-order valence-electron chi connectivity index (χ0n) is 18.5. The van der Waals surface area contributed by atoms with Gasteiger partial charge in [-0.25, -0.2) is 4.39 Å². The largest absolute Gasteiger partial charge is 0.354 e. The van der Waals surface area contributed by atoms with Crippen LogP contribution in [0, 0.1) is 5.82 Å². The zero-order chi connectivity index (χ0) is 23.2. The molecule has 4 rings (SSSR count). The van der Waals surface area contributed by atoms with E-state index < -0.39 is 11.9 Å². The summed E-state index contributed by atoms with van der Waals surface area (Å²) in [6, 6.07) is 19.2. The Labute approximate surface area is 193 Å². The van der Waals surface area contributed by atoms with Crippen LogP contribution in [0.2, 0.25) is 0 Å². The Bertz CT molecular complexity index is 1090. The summed E-state index contributed by atoms with van der Waals surface area (Å²) in [5, 5.41) is 2.95. The van der Waals surface area contributed by atoms with Gasteiger partial charge in [-0.1, -0.05) is 54.6 Å². The molecule has 0 saturated carbocycles. The molecule has 1 aromatic heterocycles. The van der Waals surface area contributed by atoms with Crippen LogP contribution in [0.4, 0.5) is 4.39 Å². The molecule has 3 aromatic rings. The highest BCUT2D eigenvalue weighted by molar-refractivity contribution is 5.84. The lowest BCUT2D eigenvalue weighted by atomic mass is 9.97. The lowest BCUT2D eigenvalue weighted by molar-refractivity contribution is -0.144.